The van der Waals surface area contributed by atoms with Crippen LogP contribution in [0.1, 0.15) is 13.8 Å². The van der Waals surface area contributed by atoms with E-state index in [1.807, 2.05) is 20.9 Å². The second kappa shape index (κ2) is 8.04. The minimum absolute atomic E-state index is 0.119. The molecule has 0 spiro atoms. The molecule has 1 aromatic rings. The Kier molecular flexibility index (Phi) is 6.66. The molecule has 1 aromatic heterocycles. The normalized spacial score (nSPS) is 10.6. The third kappa shape index (κ3) is 4.26. The van der Waals surface area contributed by atoms with Crippen LogP contribution in [0, 0.1) is 0 Å². The Morgan fingerprint density at radius 1 is 1.44 bits per heavy atom. The molecule has 0 unspecified atom stereocenters. The van der Waals surface area contributed by atoms with E-state index in [4.69, 9.17) is 0 Å². The summed E-state index contributed by atoms with van der Waals surface area (Å²) in [5, 5.41) is 15.2. The van der Waals surface area contributed by atoms with Crippen molar-refractivity contribution in [3.05, 3.63) is 0 Å². The van der Waals surface area contributed by atoms with Gasteiger partial charge in [-0.25, -0.2) is 4.68 Å². The molecule has 0 atom stereocenters. The number of tetrazole rings is 1. The second-order valence-electron chi connectivity index (χ2n) is 3.64. The van der Waals surface area contributed by atoms with Crippen LogP contribution in [0.3, 0.4) is 0 Å². The molecule has 0 saturated heterocycles. The van der Waals surface area contributed by atoms with E-state index in [2.05, 4.69) is 20.8 Å². The van der Waals surface area contributed by atoms with E-state index in [9.17, 15) is 4.79 Å². The lowest BCUT2D eigenvalue weighted by molar-refractivity contribution is -0.127. The van der Waals surface area contributed by atoms with Crippen LogP contribution in [0.15, 0.2) is 5.16 Å². The van der Waals surface area contributed by atoms with Gasteiger partial charge >= 0.3 is 0 Å². The lowest BCUT2D eigenvalue weighted by atomic mass is 10.5. The summed E-state index contributed by atoms with van der Waals surface area (Å²) in [6.07, 6.45) is 0. The second-order valence-corrected chi connectivity index (χ2v) is 4.59. The summed E-state index contributed by atoms with van der Waals surface area (Å²) in [6.45, 7) is 6.92. The average Bonchev–Trinajstić information content (AvgIpc) is 2.82. The molecule has 0 saturated carbocycles. The van der Waals surface area contributed by atoms with Crippen LogP contribution < -0.4 is 5.32 Å². The molecule has 1 amide bonds. The number of likely N-dealkylation sites (N-methyl/N-ethyl adjacent to an activating group) is 1. The molecule has 1 N–H and O–H groups in total. The summed E-state index contributed by atoms with van der Waals surface area (Å²) in [7, 11) is 1.88. The smallest absolute Gasteiger partial charge is 0.233 e. The highest BCUT2D eigenvalue weighted by atomic mass is 32.2. The van der Waals surface area contributed by atoms with E-state index in [1.165, 1.54) is 11.8 Å². The van der Waals surface area contributed by atoms with Crippen molar-refractivity contribution in [3.63, 3.8) is 0 Å². The molecular formula is C10H20N6OS. The summed E-state index contributed by atoms with van der Waals surface area (Å²) < 4.78 is 1.71. The number of hydrogen-bond acceptors (Lipinski definition) is 6. The third-order valence-electron chi connectivity index (χ3n) is 2.51. The molecule has 102 valence electrons. The Morgan fingerprint density at radius 2 is 2.17 bits per heavy atom. The van der Waals surface area contributed by atoms with E-state index in [1.54, 1.807) is 9.58 Å². The Labute approximate surface area is 111 Å². The van der Waals surface area contributed by atoms with Gasteiger partial charge in [0, 0.05) is 19.6 Å². The molecular weight excluding hydrogens is 252 g/mol. The predicted molar refractivity (Wildman–Crippen MR) is 70.4 cm³/mol. The van der Waals surface area contributed by atoms with Crippen LogP contribution in [0.2, 0.25) is 0 Å². The van der Waals surface area contributed by atoms with Gasteiger partial charge < -0.3 is 10.2 Å². The van der Waals surface area contributed by atoms with Crippen molar-refractivity contribution in [1.82, 2.24) is 30.4 Å². The zero-order chi connectivity index (χ0) is 13.4. The van der Waals surface area contributed by atoms with Gasteiger partial charge in [-0.1, -0.05) is 11.8 Å². The number of carbonyl (C=O) groups excluding carboxylic acids is 1. The van der Waals surface area contributed by atoms with E-state index in [0.717, 1.165) is 19.6 Å². The maximum Gasteiger partial charge on any atom is 0.233 e. The standard InChI is InChI=1S/C10H20N6OS/c1-4-15(5-2)9(17)8-18-10-12-13-14-16(10)7-6-11-3/h11H,4-8H2,1-3H3. The van der Waals surface area contributed by atoms with Gasteiger partial charge in [0.05, 0.1) is 12.3 Å². The first-order valence-corrected chi connectivity index (χ1v) is 7.02. The Hall–Kier alpha value is -1.15. The molecule has 18 heavy (non-hydrogen) atoms. The summed E-state index contributed by atoms with van der Waals surface area (Å²) in [6, 6.07) is 0. The van der Waals surface area contributed by atoms with Crippen LogP contribution in [0.4, 0.5) is 0 Å². The van der Waals surface area contributed by atoms with Crippen LogP contribution in [-0.2, 0) is 11.3 Å². The first kappa shape index (κ1) is 14.9. The lowest BCUT2D eigenvalue weighted by Gasteiger charge is -2.17. The summed E-state index contributed by atoms with van der Waals surface area (Å²) >= 11 is 1.38. The number of thioether (sulfide) groups is 1. The Balaban J connectivity index is 2.47. The van der Waals surface area contributed by atoms with Crippen LogP contribution >= 0.6 is 11.8 Å². The van der Waals surface area contributed by atoms with E-state index in [0.29, 0.717) is 17.5 Å². The topological polar surface area (TPSA) is 75.9 Å². The van der Waals surface area contributed by atoms with Gasteiger partial charge in [0.15, 0.2) is 0 Å². The molecule has 0 fully saturated rings. The van der Waals surface area contributed by atoms with Gasteiger partial charge in [-0.3, -0.25) is 4.79 Å². The van der Waals surface area contributed by atoms with Crippen molar-refractivity contribution in [1.29, 1.82) is 0 Å². The zero-order valence-electron chi connectivity index (χ0n) is 11.1. The maximum absolute atomic E-state index is 11.8. The highest BCUT2D eigenvalue weighted by Crippen LogP contribution is 2.13. The van der Waals surface area contributed by atoms with Gasteiger partial charge in [0.2, 0.25) is 11.1 Å². The number of hydrogen-bond donors (Lipinski definition) is 1. The van der Waals surface area contributed by atoms with Crippen LogP contribution in [0.25, 0.3) is 0 Å². The number of carbonyl (C=O) groups is 1. The van der Waals surface area contributed by atoms with E-state index in [-0.39, 0.29) is 5.91 Å². The molecule has 0 aliphatic heterocycles. The van der Waals surface area contributed by atoms with Crippen LogP contribution in [-0.4, -0.2) is 63.4 Å². The van der Waals surface area contributed by atoms with Crippen molar-refractivity contribution in [2.24, 2.45) is 0 Å². The fourth-order valence-electron chi connectivity index (χ4n) is 1.45. The first-order valence-electron chi connectivity index (χ1n) is 6.04. The molecule has 0 aliphatic carbocycles. The van der Waals surface area contributed by atoms with Gasteiger partial charge in [-0.05, 0) is 31.3 Å². The number of nitrogens with zero attached hydrogens (tertiary/aromatic N) is 5. The first-order chi connectivity index (χ1) is 8.72. The molecule has 0 aromatic carbocycles. The number of amides is 1. The van der Waals surface area contributed by atoms with Gasteiger partial charge in [0.25, 0.3) is 0 Å². The van der Waals surface area contributed by atoms with Gasteiger partial charge in [-0.2, -0.15) is 0 Å². The number of rotatable bonds is 8. The molecule has 0 radical (unpaired) electrons. The van der Waals surface area contributed by atoms with E-state index < -0.39 is 0 Å². The Bertz CT molecular complexity index is 365. The summed E-state index contributed by atoms with van der Waals surface area (Å²) in [5.41, 5.74) is 0. The quantitative estimate of drug-likeness (QED) is 0.664. The SMILES string of the molecule is CCN(CC)C(=O)CSc1nnnn1CCNC. The molecule has 1 heterocycles. The van der Waals surface area contributed by atoms with Crippen molar-refractivity contribution in [2.45, 2.75) is 25.5 Å². The third-order valence-corrected chi connectivity index (χ3v) is 3.46. The van der Waals surface area contributed by atoms with E-state index >= 15 is 0 Å². The fourth-order valence-corrected chi connectivity index (χ4v) is 2.26. The predicted octanol–water partition coefficient (Wildman–Crippen LogP) is -0.147. The minimum Gasteiger partial charge on any atom is -0.343 e. The van der Waals surface area contributed by atoms with Crippen molar-refractivity contribution in [3.8, 4) is 0 Å². The summed E-state index contributed by atoms with van der Waals surface area (Å²) in [4.78, 5) is 13.6. The monoisotopic (exact) mass is 272 g/mol. The largest absolute Gasteiger partial charge is 0.343 e. The van der Waals surface area contributed by atoms with Crippen LogP contribution in [0.5, 0.6) is 0 Å². The molecule has 7 nitrogen and oxygen atoms in total. The van der Waals surface area contributed by atoms with Crippen molar-refractivity contribution < 1.29 is 4.79 Å². The zero-order valence-corrected chi connectivity index (χ0v) is 11.9. The summed E-state index contributed by atoms with van der Waals surface area (Å²) in [5.74, 6) is 0.495. The van der Waals surface area contributed by atoms with Gasteiger partial charge in [0.1, 0.15) is 0 Å². The van der Waals surface area contributed by atoms with Crippen molar-refractivity contribution >= 4 is 17.7 Å². The highest BCUT2D eigenvalue weighted by Gasteiger charge is 2.13. The highest BCUT2D eigenvalue weighted by molar-refractivity contribution is 7.99. The average molecular weight is 272 g/mol. The minimum atomic E-state index is 0.119. The molecule has 0 bridgehead atoms. The lowest BCUT2D eigenvalue weighted by Crippen LogP contribution is -2.32. The molecule has 0 aliphatic rings. The molecule has 8 heteroatoms. The Morgan fingerprint density at radius 3 is 2.78 bits per heavy atom. The fraction of sp³-hybridized carbons (Fsp3) is 0.800. The maximum atomic E-state index is 11.8. The van der Waals surface area contributed by atoms with Gasteiger partial charge in [-0.15, -0.1) is 5.10 Å². The molecule has 1 rings (SSSR count). The van der Waals surface area contributed by atoms with Crippen molar-refractivity contribution in [2.75, 3.05) is 32.4 Å². The number of nitrogens with one attached hydrogen (secondary N) is 1. The number of aromatic nitrogens is 4.